The fraction of sp³-hybridized carbons (Fsp3) is 0.500. The van der Waals surface area contributed by atoms with Crippen molar-refractivity contribution in [2.45, 2.75) is 67.2 Å². The third-order valence-electron chi connectivity index (χ3n) is 5.21. The van der Waals surface area contributed by atoms with Gasteiger partial charge in [-0.05, 0) is 63.5 Å². The van der Waals surface area contributed by atoms with E-state index in [1.807, 2.05) is 26.0 Å². The van der Waals surface area contributed by atoms with Crippen LogP contribution in [-0.2, 0) is 0 Å². The lowest BCUT2D eigenvalue weighted by Crippen LogP contribution is -2.11. The minimum absolute atomic E-state index is 0.0130. The number of hydrogen-bond acceptors (Lipinski definition) is 2. The van der Waals surface area contributed by atoms with Crippen molar-refractivity contribution >= 4 is 0 Å². The molecule has 142 valence electrons. The molecule has 0 bridgehead atoms. The van der Waals surface area contributed by atoms with Crippen molar-refractivity contribution in [3.63, 3.8) is 0 Å². The number of hydrogen-bond donors (Lipinski definition) is 2. The number of phenols is 2. The average molecular weight is 355 g/mol. The normalized spacial score (nSPS) is 12.8. The number of phenolic OH excluding ortho intramolecular Hbond substituents is 2. The number of rotatable bonds is 6. The molecule has 1 unspecified atom stereocenters. The second-order valence-corrected chi connectivity index (χ2v) is 8.56. The Kier molecular flexibility index (Phi) is 6.39. The summed E-state index contributed by atoms with van der Waals surface area (Å²) in [6.45, 7) is 14.8. The summed E-state index contributed by atoms with van der Waals surface area (Å²) in [6, 6.07) is 8.17. The molecule has 2 nitrogen and oxygen atoms in total. The van der Waals surface area contributed by atoms with E-state index in [1.54, 1.807) is 0 Å². The molecule has 2 heteroatoms. The van der Waals surface area contributed by atoms with Gasteiger partial charge in [0.1, 0.15) is 11.5 Å². The van der Waals surface area contributed by atoms with Crippen LogP contribution in [0.1, 0.15) is 72.9 Å². The lowest BCUT2D eigenvalue weighted by Gasteiger charge is -2.26. The van der Waals surface area contributed by atoms with Crippen LogP contribution in [0.5, 0.6) is 11.5 Å². The van der Waals surface area contributed by atoms with Gasteiger partial charge < -0.3 is 10.2 Å². The maximum absolute atomic E-state index is 10.8. The molecule has 0 amide bonds. The van der Waals surface area contributed by atoms with Gasteiger partial charge in [0.2, 0.25) is 0 Å². The molecule has 0 aliphatic heterocycles. The number of aryl methyl sites for hydroxylation is 4. The minimum Gasteiger partial charge on any atom is -0.507 e. The molecular weight excluding hydrogens is 320 g/mol. The number of aromatic hydroxyl groups is 2. The summed E-state index contributed by atoms with van der Waals surface area (Å²) >= 11 is 0. The zero-order valence-corrected chi connectivity index (χ0v) is 17.4. The van der Waals surface area contributed by atoms with Crippen LogP contribution in [0.4, 0.5) is 0 Å². The summed E-state index contributed by atoms with van der Waals surface area (Å²) in [5.41, 5.74) is 5.92. The molecule has 2 N–H and O–H groups in total. The molecule has 0 fully saturated rings. The summed E-state index contributed by atoms with van der Waals surface area (Å²) in [7, 11) is 0. The van der Waals surface area contributed by atoms with E-state index < -0.39 is 0 Å². The van der Waals surface area contributed by atoms with E-state index in [4.69, 9.17) is 0 Å². The molecule has 1 atom stereocenters. The monoisotopic (exact) mass is 354 g/mol. The molecule has 2 aromatic carbocycles. The van der Waals surface area contributed by atoms with Crippen LogP contribution in [0.15, 0.2) is 24.3 Å². The van der Waals surface area contributed by atoms with Gasteiger partial charge in [-0.3, -0.25) is 0 Å². The Hall–Kier alpha value is -1.96. The van der Waals surface area contributed by atoms with Crippen molar-refractivity contribution in [2.24, 2.45) is 11.8 Å². The van der Waals surface area contributed by atoms with E-state index in [2.05, 4.69) is 46.8 Å². The quantitative estimate of drug-likeness (QED) is 0.618. The predicted molar refractivity (Wildman–Crippen MR) is 110 cm³/mol. The maximum atomic E-state index is 10.8. The molecule has 0 aliphatic rings. The molecule has 2 aromatic rings. The standard InChI is InChI=1S/C24H34O2/c1-14(2)8-15(3)11-20(21-12-16(4)9-18(6)23(21)25)22-13-17(5)10-19(7)24(22)26/h9-10,12-15,20,25-26H,8,11H2,1-7H3. The van der Waals surface area contributed by atoms with Gasteiger partial charge in [0.25, 0.3) is 0 Å². The van der Waals surface area contributed by atoms with Gasteiger partial charge in [0, 0.05) is 17.0 Å². The van der Waals surface area contributed by atoms with Gasteiger partial charge in [-0.2, -0.15) is 0 Å². The highest BCUT2D eigenvalue weighted by atomic mass is 16.3. The van der Waals surface area contributed by atoms with Crippen LogP contribution < -0.4 is 0 Å². The molecule has 0 aromatic heterocycles. The average Bonchev–Trinajstić information content (AvgIpc) is 2.51. The molecular formula is C24H34O2. The smallest absolute Gasteiger partial charge is 0.122 e. The second kappa shape index (κ2) is 8.16. The molecule has 2 rings (SSSR count). The maximum Gasteiger partial charge on any atom is 0.122 e. The first-order valence-corrected chi connectivity index (χ1v) is 9.70. The van der Waals surface area contributed by atoms with Gasteiger partial charge in [-0.15, -0.1) is 0 Å². The van der Waals surface area contributed by atoms with Gasteiger partial charge >= 0.3 is 0 Å². The van der Waals surface area contributed by atoms with Gasteiger partial charge in [-0.1, -0.05) is 56.2 Å². The van der Waals surface area contributed by atoms with Crippen molar-refractivity contribution in [1.29, 1.82) is 0 Å². The highest BCUT2D eigenvalue weighted by Crippen LogP contribution is 2.43. The van der Waals surface area contributed by atoms with Crippen molar-refractivity contribution in [1.82, 2.24) is 0 Å². The van der Waals surface area contributed by atoms with E-state index in [0.29, 0.717) is 23.3 Å². The largest absolute Gasteiger partial charge is 0.507 e. The molecule has 0 radical (unpaired) electrons. The predicted octanol–water partition coefficient (Wildman–Crippen LogP) is 6.54. The lowest BCUT2D eigenvalue weighted by atomic mass is 9.79. The lowest BCUT2D eigenvalue weighted by molar-refractivity contribution is 0.385. The van der Waals surface area contributed by atoms with Crippen molar-refractivity contribution in [3.8, 4) is 11.5 Å². The molecule has 0 saturated heterocycles. The van der Waals surface area contributed by atoms with Gasteiger partial charge in [-0.25, -0.2) is 0 Å². The Morgan fingerprint density at radius 3 is 1.50 bits per heavy atom. The Labute approximate surface area is 158 Å². The molecule has 0 saturated carbocycles. The van der Waals surface area contributed by atoms with E-state index in [1.165, 1.54) is 0 Å². The Balaban J connectivity index is 2.61. The van der Waals surface area contributed by atoms with Gasteiger partial charge in [0.15, 0.2) is 0 Å². The number of benzene rings is 2. The molecule has 0 heterocycles. The van der Waals surface area contributed by atoms with Crippen LogP contribution in [0.2, 0.25) is 0 Å². The summed E-state index contributed by atoms with van der Waals surface area (Å²) < 4.78 is 0. The summed E-state index contributed by atoms with van der Waals surface area (Å²) in [6.07, 6.45) is 2.04. The van der Waals surface area contributed by atoms with E-state index in [0.717, 1.165) is 46.2 Å². The van der Waals surface area contributed by atoms with E-state index in [9.17, 15) is 10.2 Å². The third-order valence-corrected chi connectivity index (χ3v) is 5.21. The molecule has 0 aliphatic carbocycles. The van der Waals surface area contributed by atoms with E-state index in [-0.39, 0.29) is 5.92 Å². The minimum atomic E-state index is -0.0130. The molecule has 26 heavy (non-hydrogen) atoms. The zero-order chi connectivity index (χ0) is 19.6. The summed E-state index contributed by atoms with van der Waals surface area (Å²) in [5.74, 6) is 1.83. The van der Waals surface area contributed by atoms with Crippen LogP contribution in [0, 0.1) is 39.5 Å². The zero-order valence-electron chi connectivity index (χ0n) is 17.4. The Bertz CT molecular complexity index is 717. The second-order valence-electron chi connectivity index (χ2n) is 8.56. The van der Waals surface area contributed by atoms with E-state index >= 15 is 0 Å². The first-order valence-electron chi connectivity index (χ1n) is 9.70. The van der Waals surface area contributed by atoms with Gasteiger partial charge in [0.05, 0.1) is 0 Å². The summed E-state index contributed by atoms with van der Waals surface area (Å²) in [4.78, 5) is 0. The first-order chi connectivity index (χ1) is 12.1. The van der Waals surface area contributed by atoms with Crippen LogP contribution in [0.3, 0.4) is 0 Å². The first kappa shape index (κ1) is 20.4. The fourth-order valence-electron chi connectivity index (χ4n) is 4.24. The van der Waals surface area contributed by atoms with Crippen molar-refractivity contribution in [3.05, 3.63) is 57.6 Å². The van der Waals surface area contributed by atoms with Crippen LogP contribution >= 0.6 is 0 Å². The van der Waals surface area contributed by atoms with Crippen molar-refractivity contribution < 1.29 is 10.2 Å². The highest BCUT2D eigenvalue weighted by molar-refractivity contribution is 5.53. The Morgan fingerprint density at radius 2 is 1.12 bits per heavy atom. The van der Waals surface area contributed by atoms with Crippen LogP contribution in [0.25, 0.3) is 0 Å². The van der Waals surface area contributed by atoms with Crippen LogP contribution in [-0.4, -0.2) is 10.2 Å². The highest BCUT2D eigenvalue weighted by Gasteiger charge is 2.25. The topological polar surface area (TPSA) is 40.5 Å². The SMILES string of the molecule is Cc1cc(C)c(O)c(C(CC(C)CC(C)C)c2cc(C)cc(C)c2O)c1. The van der Waals surface area contributed by atoms with Crippen molar-refractivity contribution in [2.75, 3.05) is 0 Å². The summed E-state index contributed by atoms with van der Waals surface area (Å²) in [5, 5.41) is 21.6. The Morgan fingerprint density at radius 1 is 0.692 bits per heavy atom. The molecule has 0 spiro atoms. The third kappa shape index (κ3) is 4.60. The fourth-order valence-corrected chi connectivity index (χ4v) is 4.24.